The van der Waals surface area contributed by atoms with Gasteiger partial charge in [0.05, 0.1) is 11.3 Å². The van der Waals surface area contributed by atoms with Gasteiger partial charge in [0.1, 0.15) is 5.58 Å². The summed E-state index contributed by atoms with van der Waals surface area (Å²) in [5, 5.41) is 10.5. The van der Waals surface area contributed by atoms with E-state index in [2.05, 4.69) is 4.99 Å². The molecule has 20 heavy (non-hydrogen) atoms. The van der Waals surface area contributed by atoms with Crippen LogP contribution in [0.2, 0.25) is 0 Å². The second-order valence-electron chi connectivity index (χ2n) is 4.24. The number of hydrogen-bond acceptors (Lipinski definition) is 4. The van der Waals surface area contributed by atoms with Crippen LogP contribution in [-0.2, 0) is 0 Å². The zero-order chi connectivity index (χ0) is 13.9. The van der Waals surface area contributed by atoms with Crippen molar-refractivity contribution in [1.29, 1.82) is 0 Å². The Morgan fingerprint density at radius 1 is 1.00 bits per heavy atom. The smallest absolute Gasteiger partial charge is 0.379 e. The van der Waals surface area contributed by atoms with Crippen LogP contribution in [-0.4, -0.2) is 11.3 Å². The molecule has 0 bridgehead atoms. The normalized spacial score (nSPS) is 11.2. The van der Waals surface area contributed by atoms with Gasteiger partial charge in [-0.25, -0.2) is 4.79 Å². The van der Waals surface area contributed by atoms with Crippen LogP contribution in [0.3, 0.4) is 0 Å². The number of rotatable bonds is 2. The minimum Gasteiger partial charge on any atom is -0.501 e. The largest absolute Gasteiger partial charge is 0.501 e. The van der Waals surface area contributed by atoms with E-state index in [1.807, 2.05) is 36.4 Å². The summed E-state index contributed by atoms with van der Waals surface area (Å²) < 4.78 is 5.02. The van der Waals surface area contributed by atoms with E-state index in [0.29, 0.717) is 16.5 Å². The van der Waals surface area contributed by atoms with Crippen LogP contribution in [0.15, 0.2) is 68.8 Å². The minimum absolute atomic E-state index is 0.362. The molecular formula is C16H11NO3. The third-order valence-corrected chi connectivity index (χ3v) is 2.93. The topological polar surface area (TPSA) is 62.8 Å². The molecule has 0 aliphatic rings. The lowest BCUT2D eigenvalue weighted by Gasteiger charge is -2.02. The van der Waals surface area contributed by atoms with Gasteiger partial charge in [0.25, 0.3) is 0 Å². The second kappa shape index (κ2) is 5.01. The number of aromatic hydroxyl groups is 1. The molecule has 4 heteroatoms. The number of para-hydroxylation sites is 2. The molecule has 0 atom stereocenters. The van der Waals surface area contributed by atoms with Crippen LogP contribution in [0, 0.1) is 0 Å². The van der Waals surface area contributed by atoms with Crippen LogP contribution < -0.4 is 5.63 Å². The molecule has 2 aromatic carbocycles. The Balaban J connectivity index is 2.18. The lowest BCUT2D eigenvalue weighted by molar-refractivity contribution is 0.427. The maximum atomic E-state index is 11.6. The van der Waals surface area contributed by atoms with Gasteiger partial charge in [-0.05, 0) is 18.2 Å². The van der Waals surface area contributed by atoms with Crippen molar-refractivity contribution in [1.82, 2.24) is 0 Å². The third kappa shape index (κ3) is 2.19. The molecule has 3 rings (SSSR count). The molecular weight excluding hydrogens is 254 g/mol. The highest BCUT2D eigenvalue weighted by molar-refractivity contribution is 6.00. The molecule has 98 valence electrons. The maximum Gasteiger partial charge on any atom is 0.379 e. The van der Waals surface area contributed by atoms with Crippen LogP contribution in [0.25, 0.3) is 11.0 Å². The zero-order valence-electron chi connectivity index (χ0n) is 10.5. The van der Waals surface area contributed by atoms with E-state index in [1.54, 1.807) is 18.2 Å². The fourth-order valence-corrected chi connectivity index (χ4v) is 1.95. The first-order valence-corrected chi connectivity index (χ1v) is 6.09. The van der Waals surface area contributed by atoms with Gasteiger partial charge in [-0.2, -0.15) is 0 Å². The quantitative estimate of drug-likeness (QED) is 0.571. The van der Waals surface area contributed by atoms with Gasteiger partial charge in [0, 0.05) is 11.6 Å². The van der Waals surface area contributed by atoms with Crippen molar-refractivity contribution in [3.8, 4) is 5.75 Å². The molecule has 1 N–H and O–H groups in total. The van der Waals surface area contributed by atoms with Gasteiger partial charge in [-0.3, -0.25) is 4.99 Å². The van der Waals surface area contributed by atoms with Gasteiger partial charge < -0.3 is 9.52 Å². The van der Waals surface area contributed by atoms with E-state index in [4.69, 9.17) is 4.42 Å². The second-order valence-corrected chi connectivity index (χ2v) is 4.24. The standard InChI is InChI=1S/C16H11NO3/c18-15-13(10-17-11-6-2-1-3-7-11)12-8-4-5-9-14(12)20-16(15)19/h1-10,18H. The lowest BCUT2D eigenvalue weighted by atomic mass is 10.1. The molecule has 4 nitrogen and oxygen atoms in total. The summed E-state index contributed by atoms with van der Waals surface area (Å²) in [6, 6.07) is 16.3. The minimum atomic E-state index is -0.766. The first-order chi connectivity index (χ1) is 9.75. The zero-order valence-corrected chi connectivity index (χ0v) is 10.5. The van der Waals surface area contributed by atoms with Gasteiger partial charge in [0.15, 0.2) is 0 Å². The lowest BCUT2D eigenvalue weighted by Crippen LogP contribution is -2.02. The Kier molecular flexibility index (Phi) is 3.05. The molecule has 0 aliphatic carbocycles. The molecule has 1 aromatic heterocycles. The summed E-state index contributed by atoms with van der Waals surface area (Å²) in [5.41, 5.74) is 0.757. The van der Waals surface area contributed by atoms with Crippen LogP contribution in [0.1, 0.15) is 5.56 Å². The number of benzene rings is 2. The molecule has 0 saturated carbocycles. The van der Waals surface area contributed by atoms with E-state index in [-0.39, 0.29) is 0 Å². The average molecular weight is 265 g/mol. The number of fused-ring (bicyclic) bond motifs is 1. The van der Waals surface area contributed by atoms with Crippen molar-refractivity contribution < 1.29 is 9.52 Å². The van der Waals surface area contributed by atoms with Crippen molar-refractivity contribution in [2.24, 2.45) is 4.99 Å². The predicted octanol–water partition coefficient (Wildman–Crippen LogP) is 3.25. The van der Waals surface area contributed by atoms with Crippen molar-refractivity contribution in [2.75, 3.05) is 0 Å². The Morgan fingerprint density at radius 2 is 1.70 bits per heavy atom. The summed E-state index contributed by atoms with van der Waals surface area (Å²) in [4.78, 5) is 15.8. The molecule has 0 spiro atoms. The van der Waals surface area contributed by atoms with Crippen molar-refractivity contribution >= 4 is 22.9 Å². The fourth-order valence-electron chi connectivity index (χ4n) is 1.95. The van der Waals surface area contributed by atoms with Crippen LogP contribution in [0.4, 0.5) is 5.69 Å². The third-order valence-electron chi connectivity index (χ3n) is 2.93. The summed E-state index contributed by atoms with van der Waals surface area (Å²) in [6.45, 7) is 0. The summed E-state index contributed by atoms with van der Waals surface area (Å²) >= 11 is 0. The van der Waals surface area contributed by atoms with E-state index in [0.717, 1.165) is 5.69 Å². The highest BCUT2D eigenvalue weighted by atomic mass is 16.4. The van der Waals surface area contributed by atoms with E-state index >= 15 is 0 Å². The fraction of sp³-hybridized carbons (Fsp3) is 0. The Labute approximate surface area is 114 Å². The van der Waals surface area contributed by atoms with Gasteiger partial charge in [0.2, 0.25) is 5.75 Å². The van der Waals surface area contributed by atoms with Crippen LogP contribution in [0.5, 0.6) is 5.75 Å². The van der Waals surface area contributed by atoms with Crippen molar-refractivity contribution in [2.45, 2.75) is 0 Å². The van der Waals surface area contributed by atoms with Gasteiger partial charge in [-0.15, -0.1) is 0 Å². The van der Waals surface area contributed by atoms with Gasteiger partial charge in [-0.1, -0.05) is 36.4 Å². The average Bonchev–Trinajstić information content (AvgIpc) is 2.49. The highest BCUT2D eigenvalue weighted by Gasteiger charge is 2.11. The Bertz CT molecular complexity index is 835. The van der Waals surface area contributed by atoms with E-state index in [1.165, 1.54) is 6.21 Å². The molecule has 0 radical (unpaired) electrons. The Morgan fingerprint density at radius 3 is 2.50 bits per heavy atom. The van der Waals surface area contributed by atoms with E-state index < -0.39 is 11.4 Å². The summed E-state index contributed by atoms with van der Waals surface area (Å²) in [7, 11) is 0. The van der Waals surface area contributed by atoms with Gasteiger partial charge >= 0.3 is 5.63 Å². The predicted molar refractivity (Wildman–Crippen MR) is 77.8 cm³/mol. The first kappa shape index (κ1) is 12.2. The SMILES string of the molecule is O=c1oc2ccccc2c(C=Nc2ccccc2)c1O. The molecule has 1 heterocycles. The highest BCUT2D eigenvalue weighted by Crippen LogP contribution is 2.22. The van der Waals surface area contributed by atoms with Crippen molar-refractivity contribution in [3.63, 3.8) is 0 Å². The Hall–Kier alpha value is -2.88. The molecule has 0 unspecified atom stereocenters. The molecule has 0 saturated heterocycles. The van der Waals surface area contributed by atoms with E-state index in [9.17, 15) is 9.90 Å². The van der Waals surface area contributed by atoms with Crippen LogP contribution >= 0.6 is 0 Å². The maximum absolute atomic E-state index is 11.6. The number of aliphatic imine (C=N–C) groups is 1. The first-order valence-electron chi connectivity index (χ1n) is 6.09. The molecule has 3 aromatic rings. The number of nitrogens with zero attached hydrogens (tertiary/aromatic N) is 1. The monoisotopic (exact) mass is 265 g/mol. The molecule has 0 aliphatic heterocycles. The van der Waals surface area contributed by atoms with Crippen molar-refractivity contribution in [3.05, 3.63) is 70.6 Å². The number of hydrogen-bond donors (Lipinski definition) is 1. The summed E-state index contributed by atoms with van der Waals surface area (Å²) in [6.07, 6.45) is 1.48. The molecule has 0 amide bonds. The summed E-state index contributed by atoms with van der Waals surface area (Å²) in [5.74, 6) is -0.427. The molecule has 0 fully saturated rings.